The van der Waals surface area contributed by atoms with E-state index >= 15 is 0 Å². The molecule has 8 nitrogen and oxygen atoms in total. The van der Waals surface area contributed by atoms with Crippen LogP contribution < -0.4 is 15.0 Å². The van der Waals surface area contributed by atoms with Gasteiger partial charge < -0.3 is 19.5 Å². The summed E-state index contributed by atoms with van der Waals surface area (Å²) in [6, 6.07) is 16.4. The third-order valence-corrected chi connectivity index (χ3v) is 5.47. The Bertz CT molecular complexity index is 1300. The Kier molecular flexibility index (Phi) is 6.08. The first kappa shape index (κ1) is 22.0. The SMILES string of the molecule is C.CN1C(=O)[C@@H](NC(=O)c2cn(Cc3ccccc3)cn2)COc2ccc3ncccc3c21. The molecule has 0 aliphatic carbocycles. The highest BCUT2D eigenvalue weighted by atomic mass is 16.5. The van der Waals surface area contributed by atoms with Gasteiger partial charge in [0.25, 0.3) is 11.8 Å². The maximum atomic E-state index is 13.2. The number of hydrogen-bond donors (Lipinski definition) is 1. The van der Waals surface area contributed by atoms with E-state index in [9.17, 15) is 9.59 Å². The highest BCUT2D eigenvalue weighted by Gasteiger charge is 2.32. The van der Waals surface area contributed by atoms with Crippen molar-refractivity contribution in [2.75, 3.05) is 18.6 Å². The van der Waals surface area contributed by atoms with Gasteiger partial charge >= 0.3 is 0 Å². The normalized spacial score (nSPS) is 15.2. The minimum Gasteiger partial charge on any atom is -0.489 e. The average molecular weight is 444 g/mol. The standard InChI is InChI=1S/C24H21N5O3.CH4/c1-28-22-17-8-5-11-25-18(17)9-10-21(22)32-14-20(24(28)31)27-23(30)19-13-29(15-26-19)12-16-6-3-2-4-7-16;/h2-11,13,15,20H,12,14H2,1H3,(H,27,30);1H4/t20-;/m0./s1. The van der Waals surface area contributed by atoms with E-state index in [0.717, 1.165) is 16.5 Å². The lowest BCUT2D eigenvalue weighted by Crippen LogP contribution is -2.49. The first-order valence-corrected chi connectivity index (χ1v) is 10.2. The van der Waals surface area contributed by atoms with Crippen molar-refractivity contribution in [1.29, 1.82) is 0 Å². The smallest absolute Gasteiger partial charge is 0.272 e. The van der Waals surface area contributed by atoms with Gasteiger partial charge in [-0.05, 0) is 29.8 Å². The third kappa shape index (κ3) is 4.27. The van der Waals surface area contributed by atoms with Gasteiger partial charge in [0.1, 0.15) is 24.1 Å². The summed E-state index contributed by atoms with van der Waals surface area (Å²) in [6.07, 6.45) is 4.98. The molecule has 168 valence electrons. The lowest BCUT2D eigenvalue weighted by atomic mass is 10.1. The number of carbonyl (C=O) groups is 2. The zero-order chi connectivity index (χ0) is 22.1. The second-order valence-corrected chi connectivity index (χ2v) is 7.63. The summed E-state index contributed by atoms with van der Waals surface area (Å²) in [4.78, 5) is 36.0. The number of hydrogen-bond acceptors (Lipinski definition) is 5. The molecule has 33 heavy (non-hydrogen) atoms. The van der Waals surface area contributed by atoms with E-state index in [1.165, 1.54) is 4.90 Å². The van der Waals surface area contributed by atoms with E-state index in [0.29, 0.717) is 18.0 Å². The van der Waals surface area contributed by atoms with Gasteiger partial charge in [0.2, 0.25) is 0 Å². The van der Waals surface area contributed by atoms with Gasteiger partial charge in [0.05, 0.1) is 17.5 Å². The molecule has 1 atom stereocenters. The molecule has 1 aliphatic rings. The molecule has 2 aromatic heterocycles. The van der Waals surface area contributed by atoms with Crippen molar-refractivity contribution in [2.45, 2.75) is 20.0 Å². The number of amides is 2. The number of anilines is 1. The molecule has 3 heterocycles. The summed E-state index contributed by atoms with van der Waals surface area (Å²) in [5, 5.41) is 3.58. The number of benzene rings is 2. The quantitative estimate of drug-likeness (QED) is 0.523. The molecule has 0 unspecified atom stereocenters. The van der Waals surface area contributed by atoms with E-state index in [4.69, 9.17) is 4.74 Å². The summed E-state index contributed by atoms with van der Waals surface area (Å²) in [5.41, 5.74) is 2.75. The minimum atomic E-state index is -0.842. The van der Waals surface area contributed by atoms with Crippen molar-refractivity contribution < 1.29 is 14.3 Å². The lowest BCUT2D eigenvalue weighted by molar-refractivity contribution is -0.120. The predicted octanol–water partition coefficient (Wildman–Crippen LogP) is 3.27. The number of imidazole rings is 1. The van der Waals surface area contributed by atoms with Crippen molar-refractivity contribution in [2.24, 2.45) is 0 Å². The van der Waals surface area contributed by atoms with Gasteiger partial charge in [-0.25, -0.2) is 4.98 Å². The highest BCUT2D eigenvalue weighted by molar-refractivity contribution is 6.08. The fourth-order valence-corrected chi connectivity index (χ4v) is 3.86. The van der Waals surface area contributed by atoms with Crippen LogP contribution in [0.15, 0.2) is 73.3 Å². The largest absolute Gasteiger partial charge is 0.489 e. The fraction of sp³-hybridized carbons (Fsp3) is 0.200. The monoisotopic (exact) mass is 443 g/mol. The van der Waals surface area contributed by atoms with Gasteiger partial charge in [0.15, 0.2) is 0 Å². The highest BCUT2D eigenvalue weighted by Crippen LogP contribution is 2.37. The Morgan fingerprint density at radius 3 is 2.76 bits per heavy atom. The molecule has 1 N–H and O–H groups in total. The molecular formula is C25H25N5O3. The summed E-state index contributed by atoms with van der Waals surface area (Å²) in [7, 11) is 1.68. The van der Waals surface area contributed by atoms with Crippen LogP contribution in [0, 0.1) is 0 Å². The fourth-order valence-electron chi connectivity index (χ4n) is 3.86. The van der Waals surface area contributed by atoms with Crippen molar-refractivity contribution in [3.8, 4) is 5.75 Å². The number of fused-ring (bicyclic) bond motifs is 3. The molecule has 4 aromatic rings. The topological polar surface area (TPSA) is 89.4 Å². The van der Waals surface area contributed by atoms with Gasteiger partial charge in [-0.3, -0.25) is 14.6 Å². The molecule has 0 bridgehead atoms. The van der Waals surface area contributed by atoms with Gasteiger partial charge in [-0.2, -0.15) is 0 Å². The molecular weight excluding hydrogens is 418 g/mol. The van der Waals surface area contributed by atoms with Crippen LogP contribution in [0.4, 0.5) is 5.69 Å². The first-order chi connectivity index (χ1) is 15.6. The average Bonchev–Trinajstić information content (AvgIpc) is 3.25. The van der Waals surface area contributed by atoms with E-state index < -0.39 is 11.9 Å². The Balaban J connectivity index is 0.00000259. The minimum absolute atomic E-state index is 0. The molecule has 8 heteroatoms. The number of nitrogens with one attached hydrogen (secondary N) is 1. The van der Waals surface area contributed by atoms with Crippen LogP contribution in [0.3, 0.4) is 0 Å². The van der Waals surface area contributed by atoms with Crippen LogP contribution in [0.5, 0.6) is 5.75 Å². The van der Waals surface area contributed by atoms with E-state index in [1.54, 1.807) is 31.8 Å². The first-order valence-electron chi connectivity index (χ1n) is 10.2. The molecule has 2 aromatic carbocycles. The van der Waals surface area contributed by atoms with Crippen LogP contribution in [-0.2, 0) is 11.3 Å². The second kappa shape index (κ2) is 9.12. The van der Waals surface area contributed by atoms with Gasteiger partial charge in [-0.1, -0.05) is 37.8 Å². The summed E-state index contributed by atoms with van der Waals surface area (Å²) in [5.74, 6) is -0.118. The number of rotatable bonds is 4. The van der Waals surface area contributed by atoms with Crippen molar-refractivity contribution >= 4 is 28.4 Å². The van der Waals surface area contributed by atoms with Crippen LogP contribution >= 0.6 is 0 Å². The molecule has 1 aliphatic heterocycles. The van der Waals surface area contributed by atoms with Crippen molar-refractivity contribution in [1.82, 2.24) is 19.9 Å². The maximum absolute atomic E-state index is 13.2. The van der Waals surface area contributed by atoms with Gasteiger partial charge in [-0.15, -0.1) is 0 Å². The Morgan fingerprint density at radius 1 is 1.12 bits per heavy atom. The number of aromatic nitrogens is 3. The number of ether oxygens (including phenoxy) is 1. The molecule has 0 saturated heterocycles. The third-order valence-electron chi connectivity index (χ3n) is 5.47. The Hall–Kier alpha value is -4.20. The lowest BCUT2D eigenvalue weighted by Gasteiger charge is -2.21. The van der Waals surface area contributed by atoms with Gasteiger partial charge in [0, 0.05) is 31.4 Å². The molecule has 0 saturated carbocycles. The Morgan fingerprint density at radius 2 is 1.94 bits per heavy atom. The summed E-state index contributed by atoms with van der Waals surface area (Å²) >= 11 is 0. The number of pyridine rings is 1. The zero-order valence-corrected chi connectivity index (χ0v) is 17.4. The second-order valence-electron chi connectivity index (χ2n) is 7.63. The van der Waals surface area contributed by atoms with Crippen LogP contribution in [0.1, 0.15) is 23.5 Å². The summed E-state index contributed by atoms with van der Waals surface area (Å²) < 4.78 is 7.73. The van der Waals surface area contributed by atoms with Crippen molar-refractivity contribution in [3.63, 3.8) is 0 Å². The molecule has 2 amide bonds. The predicted molar refractivity (Wildman–Crippen MR) is 126 cm³/mol. The van der Waals surface area contributed by atoms with E-state index in [2.05, 4.69) is 15.3 Å². The molecule has 0 radical (unpaired) electrons. The maximum Gasteiger partial charge on any atom is 0.272 e. The van der Waals surface area contributed by atoms with Crippen LogP contribution in [0.25, 0.3) is 10.9 Å². The number of nitrogens with zero attached hydrogens (tertiary/aromatic N) is 4. The number of likely N-dealkylation sites (N-methyl/N-ethyl adjacent to an activating group) is 1. The Labute approximate surface area is 191 Å². The van der Waals surface area contributed by atoms with Crippen LogP contribution in [-0.4, -0.2) is 46.0 Å². The zero-order valence-electron chi connectivity index (χ0n) is 17.4. The van der Waals surface area contributed by atoms with Crippen molar-refractivity contribution in [3.05, 3.63) is 84.6 Å². The molecule has 5 rings (SSSR count). The molecule has 0 fully saturated rings. The molecule has 0 spiro atoms. The van der Waals surface area contributed by atoms with E-state index in [-0.39, 0.29) is 25.6 Å². The van der Waals surface area contributed by atoms with E-state index in [1.807, 2.05) is 53.1 Å². The van der Waals surface area contributed by atoms with Crippen LogP contribution in [0.2, 0.25) is 0 Å². The number of carbonyl (C=O) groups excluding carboxylic acids is 2. The summed E-state index contributed by atoms with van der Waals surface area (Å²) in [6.45, 7) is 0.629.